The average molecular weight is 368 g/mol. The number of rotatable bonds is 7. The van der Waals surface area contributed by atoms with Crippen LogP contribution in [0.1, 0.15) is 26.3 Å². The van der Waals surface area contributed by atoms with Crippen molar-refractivity contribution in [2.75, 3.05) is 31.6 Å². The zero-order valence-electron chi connectivity index (χ0n) is 14.7. The number of nitrogens with one attached hydrogen (secondary N) is 1. The Labute approximate surface area is 156 Å². The minimum absolute atomic E-state index is 0.129. The van der Waals surface area contributed by atoms with Gasteiger partial charge in [-0.05, 0) is 17.7 Å². The fourth-order valence-electron chi connectivity index (χ4n) is 2.91. The smallest absolute Gasteiger partial charge is 0.257 e. The number of nitrogens with zero attached hydrogens (tertiary/aromatic N) is 1. The maximum absolute atomic E-state index is 13.0. The van der Waals surface area contributed by atoms with Crippen LogP contribution in [-0.2, 0) is 16.1 Å². The molecule has 0 saturated carbocycles. The van der Waals surface area contributed by atoms with Gasteiger partial charge in [-0.2, -0.15) is 0 Å². The summed E-state index contributed by atoms with van der Waals surface area (Å²) in [6.07, 6.45) is 1.07. The molecule has 7 heteroatoms. The first-order valence-electron chi connectivity index (χ1n) is 8.60. The summed E-state index contributed by atoms with van der Waals surface area (Å²) in [6, 6.07) is 12.6. The van der Waals surface area contributed by atoms with Crippen LogP contribution in [0, 0.1) is 0 Å². The zero-order valence-corrected chi connectivity index (χ0v) is 14.7. The van der Waals surface area contributed by atoms with E-state index in [-0.39, 0.29) is 29.3 Å². The Bertz CT molecular complexity index is 817. The first-order chi connectivity index (χ1) is 13.2. The van der Waals surface area contributed by atoms with E-state index >= 15 is 0 Å². The molecule has 3 rings (SSSR count). The van der Waals surface area contributed by atoms with E-state index in [0.717, 1.165) is 5.56 Å². The molecule has 1 aliphatic rings. The highest BCUT2D eigenvalue weighted by Crippen LogP contribution is 2.32. The number of anilines is 1. The van der Waals surface area contributed by atoms with Crippen molar-refractivity contribution in [1.82, 2.24) is 4.90 Å². The van der Waals surface area contributed by atoms with Crippen LogP contribution in [0.25, 0.3) is 0 Å². The number of carbonyl (C=O) groups excluding carboxylic acids is 3. The topological polar surface area (TPSA) is 84.9 Å². The Morgan fingerprint density at radius 3 is 2.52 bits per heavy atom. The van der Waals surface area contributed by atoms with Gasteiger partial charge in [0.25, 0.3) is 5.91 Å². The Hall–Kier alpha value is -3.19. The molecule has 1 fully saturated rings. The second-order valence-electron chi connectivity index (χ2n) is 5.96. The lowest BCUT2D eigenvalue weighted by molar-refractivity contribution is -0.105. The monoisotopic (exact) mass is 368 g/mol. The summed E-state index contributed by atoms with van der Waals surface area (Å²) in [5, 5.41) is 2.53. The third kappa shape index (κ3) is 4.32. The van der Waals surface area contributed by atoms with Crippen LogP contribution in [0.3, 0.4) is 0 Å². The zero-order chi connectivity index (χ0) is 19.1. The van der Waals surface area contributed by atoms with Crippen molar-refractivity contribution in [3.63, 3.8) is 0 Å². The molecule has 0 unspecified atom stereocenters. The van der Waals surface area contributed by atoms with Crippen LogP contribution in [0.5, 0.6) is 5.75 Å². The minimum atomic E-state index is -0.338. The molecule has 140 valence electrons. The van der Waals surface area contributed by atoms with Gasteiger partial charge in [0.05, 0.1) is 24.5 Å². The normalized spacial score (nSPS) is 13.7. The predicted molar refractivity (Wildman–Crippen MR) is 99.0 cm³/mol. The molecule has 0 atom stereocenters. The lowest BCUT2D eigenvalue weighted by Gasteiger charge is -2.28. The van der Waals surface area contributed by atoms with Crippen molar-refractivity contribution in [1.29, 1.82) is 0 Å². The van der Waals surface area contributed by atoms with Crippen LogP contribution in [0.4, 0.5) is 5.69 Å². The Balaban J connectivity index is 1.95. The fourth-order valence-corrected chi connectivity index (χ4v) is 2.91. The highest BCUT2D eigenvalue weighted by Gasteiger charge is 2.26. The number of hydrogen-bond acceptors (Lipinski definition) is 5. The number of hydrogen-bond donors (Lipinski definition) is 1. The molecular formula is C20H20N2O5. The first kappa shape index (κ1) is 18.6. The van der Waals surface area contributed by atoms with Crippen molar-refractivity contribution in [2.24, 2.45) is 0 Å². The molecule has 1 saturated heterocycles. The second kappa shape index (κ2) is 8.95. The van der Waals surface area contributed by atoms with Crippen LogP contribution in [-0.4, -0.2) is 49.8 Å². The van der Waals surface area contributed by atoms with E-state index in [1.165, 1.54) is 6.07 Å². The van der Waals surface area contributed by atoms with E-state index in [2.05, 4.69) is 5.32 Å². The molecule has 0 aromatic heterocycles. The highest BCUT2D eigenvalue weighted by atomic mass is 16.5. The molecule has 0 radical (unpaired) electrons. The van der Waals surface area contributed by atoms with E-state index in [9.17, 15) is 14.4 Å². The van der Waals surface area contributed by atoms with Crippen molar-refractivity contribution in [3.8, 4) is 5.75 Å². The number of aldehydes is 1. The standard InChI is InChI=1S/C20H20N2O5/c23-12-16-6-7-17(27-13-15-4-2-1-3-5-15)19(21-14-24)18(16)20(25)22-8-10-26-11-9-22/h1-7,12,14H,8-11,13H2,(H,21,24). The van der Waals surface area contributed by atoms with Gasteiger partial charge in [-0.1, -0.05) is 30.3 Å². The van der Waals surface area contributed by atoms with Crippen molar-refractivity contribution in [2.45, 2.75) is 6.61 Å². The van der Waals surface area contributed by atoms with E-state index < -0.39 is 0 Å². The molecule has 1 heterocycles. The van der Waals surface area contributed by atoms with E-state index in [0.29, 0.717) is 44.7 Å². The van der Waals surface area contributed by atoms with Gasteiger partial charge >= 0.3 is 0 Å². The van der Waals surface area contributed by atoms with E-state index in [1.54, 1.807) is 11.0 Å². The molecule has 1 N–H and O–H groups in total. The van der Waals surface area contributed by atoms with E-state index in [1.807, 2.05) is 30.3 Å². The highest BCUT2D eigenvalue weighted by molar-refractivity contribution is 6.08. The largest absolute Gasteiger partial charge is 0.487 e. The number of benzene rings is 2. The van der Waals surface area contributed by atoms with Crippen LogP contribution in [0.15, 0.2) is 42.5 Å². The number of carbonyl (C=O) groups is 3. The lowest BCUT2D eigenvalue weighted by atomic mass is 10.0. The van der Waals surface area contributed by atoms with Gasteiger partial charge in [-0.3, -0.25) is 14.4 Å². The maximum Gasteiger partial charge on any atom is 0.257 e. The van der Waals surface area contributed by atoms with Gasteiger partial charge in [0.2, 0.25) is 6.41 Å². The third-order valence-electron chi connectivity index (χ3n) is 4.28. The molecule has 27 heavy (non-hydrogen) atoms. The molecule has 2 amide bonds. The van der Waals surface area contributed by atoms with Gasteiger partial charge < -0.3 is 19.7 Å². The van der Waals surface area contributed by atoms with Gasteiger partial charge in [0.15, 0.2) is 6.29 Å². The Morgan fingerprint density at radius 1 is 1.11 bits per heavy atom. The van der Waals surface area contributed by atoms with Gasteiger partial charge in [0, 0.05) is 18.7 Å². The molecule has 0 spiro atoms. The molecule has 2 aromatic rings. The summed E-state index contributed by atoms with van der Waals surface area (Å²) in [7, 11) is 0. The summed E-state index contributed by atoms with van der Waals surface area (Å²) in [4.78, 5) is 37.3. The molecule has 1 aliphatic heterocycles. The van der Waals surface area contributed by atoms with Gasteiger partial charge in [-0.25, -0.2) is 0 Å². The number of amides is 2. The second-order valence-corrected chi connectivity index (χ2v) is 5.96. The Kier molecular flexibility index (Phi) is 6.17. The Morgan fingerprint density at radius 2 is 1.85 bits per heavy atom. The quantitative estimate of drug-likeness (QED) is 0.757. The van der Waals surface area contributed by atoms with Gasteiger partial charge in [0.1, 0.15) is 12.4 Å². The number of morpholine rings is 1. The van der Waals surface area contributed by atoms with Crippen LogP contribution < -0.4 is 10.1 Å². The van der Waals surface area contributed by atoms with Crippen LogP contribution in [0.2, 0.25) is 0 Å². The fraction of sp³-hybridized carbons (Fsp3) is 0.250. The van der Waals surface area contributed by atoms with Crippen LogP contribution >= 0.6 is 0 Å². The SMILES string of the molecule is O=CNc1c(OCc2ccccc2)ccc(C=O)c1C(=O)N1CCOCC1. The number of ether oxygens (including phenoxy) is 2. The third-order valence-corrected chi connectivity index (χ3v) is 4.28. The summed E-state index contributed by atoms with van der Waals surface area (Å²) >= 11 is 0. The van der Waals surface area contributed by atoms with E-state index in [4.69, 9.17) is 9.47 Å². The molecular weight excluding hydrogens is 348 g/mol. The molecule has 2 aromatic carbocycles. The van der Waals surface area contributed by atoms with Crippen molar-refractivity contribution < 1.29 is 23.9 Å². The predicted octanol–water partition coefficient (Wildman–Crippen LogP) is 2.12. The maximum atomic E-state index is 13.0. The minimum Gasteiger partial charge on any atom is -0.487 e. The summed E-state index contributed by atoms with van der Waals surface area (Å²) < 4.78 is 11.1. The molecule has 0 aliphatic carbocycles. The van der Waals surface area contributed by atoms with Gasteiger partial charge in [-0.15, -0.1) is 0 Å². The van der Waals surface area contributed by atoms with Crippen molar-refractivity contribution >= 4 is 24.3 Å². The first-order valence-corrected chi connectivity index (χ1v) is 8.60. The molecule has 0 bridgehead atoms. The average Bonchev–Trinajstić information content (AvgIpc) is 2.73. The summed E-state index contributed by atoms with van der Waals surface area (Å²) in [5.74, 6) is -0.0110. The summed E-state index contributed by atoms with van der Waals surface area (Å²) in [5.41, 5.74) is 1.46. The summed E-state index contributed by atoms with van der Waals surface area (Å²) in [6.45, 7) is 1.98. The lowest BCUT2D eigenvalue weighted by Crippen LogP contribution is -2.41. The van der Waals surface area contributed by atoms with Crippen molar-refractivity contribution in [3.05, 3.63) is 59.2 Å². The molecule has 7 nitrogen and oxygen atoms in total.